The van der Waals surface area contributed by atoms with Crippen LogP contribution in [-0.4, -0.2) is 33.0 Å². The lowest BCUT2D eigenvalue weighted by Gasteiger charge is -2.20. The lowest BCUT2D eigenvalue weighted by molar-refractivity contribution is -0.124. The molecule has 1 aromatic carbocycles. The molecule has 2 rings (SSSR count). The Morgan fingerprint density at radius 2 is 1.31 bits per heavy atom. The molecule has 2 aromatic rings. The first-order valence-corrected chi connectivity index (χ1v) is 7.92. The van der Waals surface area contributed by atoms with Gasteiger partial charge in [0.2, 0.25) is 23.6 Å². The highest BCUT2D eigenvalue weighted by atomic mass is 35.5. The summed E-state index contributed by atoms with van der Waals surface area (Å²) in [6, 6.07) is 6.01. The van der Waals surface area contributed by atoms with Crippen molar-refractivity contribution in [2.45, 2.75) is 27.7 Å². The highest BCUT2D eigenvalue weighted by Crippen LogP contribution is 2.30. The van der Waals surface area contributed by atoms with Crippen molar-refractivity contribution in [3.63, 3.8) is 0 Å². The maximum atomic E-state index is 12.9. The molecule has 2 amide bonds. The Morgan fingerprint density at radius 1 is 0.846 bits per heavy atom. The number of aromatic nitrogens is 2. The van der Waals surface area contributed by atoms with Gasteiger partial charge in [-0.2, -0.15) is 9.36 Å². The van der Waals surface area contributed by atoms with Gasteiger partial charge in [-0.15, -0.1) is 0 Å². The van der Waals surface area contributed by atoms with Crippen LogP contribution in [0.2, 0.25) is 5.02 Å². The molecule has 136 valence electrons. The molecule has 26 heavy (non-hydrogen) atoms. The lowest BCUT2D eigenvalue weighted by atomic mass is 10.1. The minimum absolute atomic E-state index is 0.127. The van der Waals surface area contributed by atoms with Crippen LogP contribution >= 0.6 is 11.6 Å². The third-order valence-corrected chi connectivity index (χ3v) is 3.85. The van der Waals surface area contributed by atoms with E-state index in [9.17, 15) is 24.0 Å². The Balaban J connectivity index is 3.05. The number of imide groups is 1. The van der Waals surface area contributed by atoms with Gasteiger partial charge in [-0.05, 0) is 17.7 Å². The van der Waals surface area contributed by atoms with Crippen molar-refractivity contribution in [2.75, 3.05) is 4.90 Å². The maximum Gasteiger partial charge on any atom is 0.284 e. The van der Waals surface area contributed by atoms with E-state index in [0.29, 0.717) is 20.2 Å². The summed E-state index contributed by atoms with van der Waals surface area (Å²) in [5, 5.41) is 0.406. The average Bonchev–Trinajstić information content (AvgIpc) is 2.81. The molecular formula is C17H16ClN3O5. The van der Waals surface area contributed by atoms with Gasteiger partial charge in [0, 0.05) is 32.7 Å². The number of hydrogen-bond acceptors (Lipinski definition) is 5. The fraction of sp³-hybridized carbons (Fsp3) is 0.235. The van der Waals surface area contributed by atoms with E-state index in [2.05, 4.69) is 0 Å². The van der Waals surface area contributed by atoms with Crippen molar-refractivity contribution in [3.05, 3.63) is 39.6 Å². The molecule has 8 nitrogen and oxygen atoms in total. The monoisotopic (exact) mass is 377 g/mol. The summed E-state index contributed by atoms with van der Waals surface area (Å²) < 4.78 is 1.33. The quantitative estimate of drug-likeness (QED) is 0.798. The Hall–Kier alpha value is -3.00. The summed E-state index contributed by atoms with van der Waals surface area (Å²) in [5.41, 5.74) is -0.646. The number of benzene rings is 1. The van der Waals surface area contributed by atoms with Crippen LogP contribution in [0.1, 0.15) is 37.3 Å². The fourth-order valence-electron chi connectivity index (χ4n) is 2.66. The van der Waals surface area contributed by atoms with Crippen molar-refractivity contribution in [1.29, 1.82) is 0 Å². The molecule has 0 bridgehead atoms. The van der Waals surface area contributed by atoms with Gasteiger partial charge in [0.25, 0.3) is 5.56 Å². The molecular weight excluding hydrogens is 362 g/mol. The van der Waals surface area contributed by atoms with E-state index in [0.717, 1.165) is 32.4 Å². The molecule has 0 radical (unpaired) electrons. The number of rotatable bonds is 2. The van der Waals surface area contributed by atoms with Gasteiger partial charge in [-0.25, -0.2) is 4.90 Å². The van der Waals surface area contributed by atoms with Gasteiger partial charge in [-0.1, -0.05) is 23.7 Å². The summed E-state index contributed by atoms with van der Waals surface area (Å²) in [6.07, 6.45) is 0. The van der Waals surface area contributed by atoms with Crippen LogP contribution in [0.3, 0.4) is 0 Å². The number of carbonyl (C=O) groups is 4. The van der Waals surface area contributed by atoms with E-state index >= 15 is 0 Å². The van der Waals surface area contributed by atoms with Crippen molar-refractivity contribution >= 4 is 41.0 Å². The summed E-state index contributed by atoms with van der Waals surface area (Å²) in [4.78, 5) is 61.8. The van der Waals surface area contributed by atoms with Gasteiger partial charge in [0.15, 0.2) is 5.82 Å². The molecule has 1 heterocycles. The Labute approximate surface area is 153 Å². The van der Waals surface area contributed by atoms with E-state index in [1.54, 1.807) is 0 Å². The first-order chi connectivity index (χ1) is 12.1. The predicted octanol–water partition coefficient (Wildman–Crippen LogP) is 2.19. The molecule has 0 unspecified atom stereocenters. The Bertz CT molecular complexity index is 971. The number of anilines is 1. The van der Waals surface area contributed by atoms with Crippen LogP contribution in [0.25, 0.3) is 11.1 Å². The van der Waals surface area contributed by atoms with Gasteiger partial charge >= 0.3 is 0 Å². The number of nitrogens with zero attached hydrogens (tertiary/aromatic N) is 3. The highest BCUT2D eigenvalue weighted by Gasteiger charge is 2.32. The first kappa shape index (κ1) is 19.3. The molecule has 9 heteroatoms. The van der Waals surface area contributed by atoms with Crippen LogP contribution < -0.4 is 10.5 Å². The van der Waals surface area contributed by atoms with Crippen molar-refractivity contribution in [3.8, 4) is 11.1 Å². The average molecular weight is 378 g/mol. The number of halogens is 1. The molecule has 0 saturated carbocycles. The number of hydrogen-bond donors (Lipinski definition) is 0. The van der Waals surface area contributed by atoms with Crippen LogP contribution in [0, 0.1) is 0 Å². The summed E-state index contributed by atoms with van der Waals surface area (Å²) in [7, 11) is 0. The molecule has 0 aliphatic rings. The zero-order valence-electron chi connectivity index (χ0n) is 14.6. The molecule has 0 atom stereocenters. The molecule has 1 aromatic heterocycles. The molecule has 0 spiro atoms. The maximum absolute atomic E-state index is 12.9. The Kier molecular flexibility index (Phi) is 5.27. The van der Waals surface area contributed by atoms with E-state index in [-0.39, 0.29) is 11.4 Å². The first-order valence-electron chi connectivity index (χ1n) is 7.55. The second-order valence-corrected chi connectivity index (χ2v) is 5.98. The highest BCUT2D eigenvalue weighted by molar-refractivity contribution is 6.30. The fourth-order valence-corrected chi connectivity index (χ4v) is 2.79. The van der Waals surface area contributed by atoms with Crippen LogP contribution in [0.4, 0.5) is 5.82 Å². The Morgan fingerprint density at radius 3 is 1.69 bits per heavy atom. The van der Waals surface area contributed by atoms with Crippen molar-refractivity contribution in [1.82, 2.24) is 9.36 Å². The number of amides is 2. The van der Waals surface area contributed by atoms with Crippen LogP contribution in [0.5, 0.6) is 0 Å². The minimum atomic E-state index is -0.822. The summed E-state index contributed by atoms with van der Waals surface area (Å²) in [6.45, 7) is 4.45. The molecule has 0 fully saturated rings. The van der Waals surface area contributed by atoms with E-state index in [1.807, 2.05) is 0 Å². The normalized spacial score (nSPS) is 10.5. The zero-order chi connectivity index (χ0) is 19.8. The zero-order valence-corrected chi connectivity index (χ0v) is 15.3. The van der Waals surface area contributed by atoms with Crippen molar-refractivity contribution < 1.29 is 19.2 Å². The largest absolute Gasteiger partial charge is 0.284 e. The standard InChI is InChI=1S/C17H16ClN3O5/c1-9(22)19(10(2)23)16-15(13-5-7-14(18)8-6-13)17(26)21(12(4)25)20(16)11(3)24/h5-8H,1-4H3. The van der Waals surface area contributed by atoms with E-state index in [1.165, 1.54) is 24.3 Å². The SMILES string of the molecule is CC(=O)N(C(C)=O)c1c(-c2ccc(Cl)cc2)c(=O)n(C(C)=O)n1C(C)=O. The smallest absolute Gasteiger partial charge is 0.274 e. The molecule has 0 aliphatic carbocycles. The lowest BCUT2D eigenvalue weighted by Crippen LogP contribution is -2.37. The topological polar surface area (TPSA) is 98.4 Å². The third-order valence-electron chi connectivity index (χ3n) is 3.60. The van der Waals surface area contributed by atoms with Gasteiger partial charge in [0.05, 0.1) is 5.56 Å². The van der Waals surface area contributed by atoms with E-state index < -0.39 is 29.2 Å². The van der Waals surface area contributed by atoms with Gasteiger partial charge in [-0.3, -0.25) is 24.0 Å². The molecule has 0 N–H and O–H groups in total. The number of carbonyl (C=O) groups excluding carboxylic acids is 4. The summed E-state index contributed by atoms with van der Waals surface area (Å²) >= 11 is 5.86. The molecule has 0 aliphatic heterocycles. The second-order valence-electron chi connectivity index (χ2n) is 5.55. The van der Waals surface area contributed by atoms with Gasteiger partial charge in [0.1, 0.15) is 0 Å². The van der Waals surface area contributed by atoms with E-state index in [4.69, 9.17) is 11.6 Å². The van der Waals surface area contributed by atoms with Crippen LogP contribution in [-0.2, 0) is 9.59 Å². The summed E-state index contributed by atoms with van der Waals surface area (Å²) in [5.74, 6) is -3.13. The predicted molar refractivity (Wildman–Crippen MR) is 95.6 cm³/mol. The minimum Gasteiger partial charge on any atom is -0.274 e. The molecule has 0 saturated heterocycles. The van der Waals surface area contributed by atoms with Gasteiger partial charge < -0.3 is 0 Å². The van der Waals surface area contributed by atoms with Crippen molar-refractivity contribution in [2.24, 2.45) is 0 Å². The third kappa shape index (κ3) is 3.23. The second kappa shape index (κ2) is 7.09. The van der Waals surface area contributed by atoms with Crippen LogP contribution in [0.15, 0.2) is 29.1 Å².